The molecule has 1 fully saturated rings. The van der Waals surface area contributed by atoms with Gasteiger partial charge >= 0.3 is 0 Å². The largest absolute Gasteiger partial charge is 0.332 e. The van der Waals surface area contributed by atoms with Gasteiger partial charge in [-0.1, -0.05) is 24.1 Å². The molecule has 94 valence electrons. The number of aryl methyl sites for hydroxylation is 2. The van der Waals surface area contributed by atoms with E-state index in [4.69, 9.17) is 4.52 Å². The fraction of sp³-hybridized carbons (Fsp3) is 0.500. The van der Waals surface area contributed by atoms with Crippen LogP contribution >= 0.6 is 0 Å². The average molecular weight is 243 g/mol. The van der Waals surface area contributed by atoms with Gasteiger partial charge in [0.15, 0.2) is 5.82 Å². The van der Waals surface area contributed by atoms with E-state index >= 15 is 0 Å². The maximum atomic E-state index is 5.33. The van der Waals surface area contributed by atoms with Crippen molar-refractivity contribution in [3.8, 4) is 11.6 Å². The van der Waals surface area contributed by atoms with Crippen LogP contribution in [0.3, 0.4) is 0 Å². The molecule has 0 atom stereocenters. The molecule has 0 saturated heterocycles. The van der Waals surface area contributed by atoms with Crippen molar-refractivity contribution in [2.24, 2.45) is 0 Å². The molecule has 0 amide bonds. The topological polar surface area (TPSA) is 51.8 Å². The van der Waals surface area contributed by atoms with Gasteiger partial charge < -0.3 is 4.52 Å². The fourth-order valence-corrected chi connectivity index (χ4v) is 2.44. The van der Waals surface area contributed by atoms with Crippen molar-refractivity contribution in [2.75, 3.05) is 0 Å². The first kappa shape index (κ1) is 11.4. The number of rotatable bonds is 2. The first-order chi connectivity index (χ1) is 8.74. The fourth-order valence-electron chi connectivity index (χ4n) is 2.44. The van der Waals surface area contributed by atoms with Gasteiger partial charge in [-0.05, 0) is 38.3 Å². The van der Waals surface area contributed by atoms with Gasteiger partial charge in [0.2, 0.25) is 0 Å². The molecule has 1 aliphatic rings. The second-order valence-corrected chi connectivity index (χ2v) is 5.04. The zero-order valence-electron chi connectivity index (χ0n) is 10.8. The SMILES string of the molecule is Cc1ccc(-c2nc(C3CCCC3)no2)nc1C. The predicted molar refractivity (Wildman–Crippen MR) is 68.2 cm³/mol. The van der Waals surface area contributed by atoms with E-state index in [1.807, 2.05) is 26.0 Å². The number of hydrogen-bond donors (Lipinski definition) is 0. The number of hydrogen-bond acceptors (Lipinski definition) is 4. The highest BCUT2D eigenvalue weighted by molar-refractivity contribution is 5.47. The lowest BCUT2D eigenvalue weighted by atomic mass is 10.1. The molecule has 0 unspecified atom stereocenters. The molecule has 0 N–H and O–H groups in total. The molecule has 4 nitrogen and oxygen atoms in total. The van der Waals surface area contributed by atoms with E-state index in [1.165, 1.54) is 31.2 Å². The van der Waals surface area contributed by atoms with Crippen LogP contribution in [0, 0.1) is 13.8 Å². The van der Waals surface area contributed by atoms with E-state index in [9.17, 15) is 0 Å². The molecule has 2 heterocycles. The monoisotopic (exact) mass is 243 g/mol. The molecule has 1 saturated carbocycles. The minimum absolute atomic E-state index is 0.481. The summed E-state index contributed by atoms with van der Waals surface area (Å²) in [5, 5.41) is 4.10. The van der Waals surface area contributed by atoms with Crippen LogP contribution in [0.15, 0.2) is 16.7 Å². The minimum atomic E-state index is 0.481. The van der Waals surface area contributed by atoms with Crippen LogP contribution in [0.4, 0.5) is 0 Å². The van der Waals surface area contributed by atoms with Crippen molar-refractivity contribution < 1.29 is 4.52 Å². The van der Waals surface area contributed by atoms with Crippen LogP contribution in [-0.2, 0) is 0 Å². The Bertz CT molecular complexity index is 556. The van der Waals surface area contributed by atoms with Crippen LogP contribution in [0.1, 0.15) is 48.7 Å². The van der Waals surface area contributed by atoms with Crippen molar-refractivity contribution in [1.29, 1.82) is 0 Å². The molecule has 0 aromatic carbocycles. The number of pyridine rings is 1. The van der Waals surface area contributed by atoms with Gasteiger partial charge in [0.25, 0.3) is 5.89 Å². The van der Waals surface area contributed by atoms with Crippen molar-refractivity contribution in [1.82, 2.24) is 15.1 Å². The van der Waals surface area contributed by atoms with Gasteiger partial charge in [-0.15, -0.1) is 0 Å². The zero-order chi connectivity index (χ0) is 12.5. The highest BCUT2D eigenvalue weighted by Gasteiger charge is 2.22. The zero-order valence-corrected chi connectivity index (χ0v) is 10.8. The molecular formula is C14H17N3O. The quantitative estimate of drug-likeness (QED) is 0.811. The normalized spacial score (nSPS) is 16.3. The lowest BCUT2D eigenvalue weighted by Crippen LogP contribution is -1.95. The summed E-state index contributed by atoms with van der Waals surface area (Å²) in [6.45, 7) is 4.04. The van der Waals surface area contributed by atoms with E-state index in [2.05, 4.69) is 15.1 Å². The van der Waals surface area contributed by atoms with Gasteiger partial charge in [-0.25, -0.2) is 4.98 Å². The van der Waals surface area contributed by atoms with E-state index in [0.29, 0.717) is 11.8 Å². The Balaban J connectivity index is 1.89. The Hall–Kier alpha value is -1.71. The van der Waals surface area contributed by atoms with Crippen LogP contribution in [0.2, 0.25) is 0 Å². The van der Waals surface area contributed by atoms with Crippen LogP contribution < -0.4 is 0 Å². The standard InChI is InChI=1S/C14H17N3O/c1-9-7-8-12(15-10(9)2)14-16-13(17-18-14)11-5-3-4-6-11/h7-8,11H,3-6H2,1-2H3. The maximum Gasteiger partial charge on any atom is 0.276 e. The van der Waals surface area contributed by atoms with Gasteiger partial charge in [0.1, 0.15) is 5.69 Å². The van der Waals surface area contributed by atoms with Crippen LogP contribution in [0.5, 0.6) is 0 Å². The highest BCUT2D eigenvalue weighted by atomic mass is 16.5. The molecule has 2 aromatic rings. The average Bonchev–Trinajstić information content (AvgIpc) is 3.01. The van der Waals surface area contributed by atoms with E-state index < -0.39 is 0 Å². The van der Waals surface area contributed by atoms with Crippen molar-refractivity contribution >= 4 is 0 Å². The van der Waals surface area contributed by atoms with Crippen LogP contribution in [0.25, 0.3) is 11.6 Å². The molecule has 1 aliphatic carbocycles. The van der Waals surface area contributed by atoms with Gasteiger partial charge in [0.05, 0.1) is 0 Å². The second-order valence-electron chi connectivity index (χ2n) is 5.04. The molecule has 3 rings (SSSR count). The Morgan fingerprint density at radius 1 is 1.11 bits per heavy atom. The second kappa shape index (κ2) is 4.52. The number of nitrogens with zero attached hydrogens (tertiary/aromatic N) is 3. The first-order valence-corrected chi connectivity index (χ1v) is 6.52. The first-order valence-electron chi connectivity index (χ1n) is 6.52. The third-order valence-corrected chi connectivity index (χ3v) is 3.73. The molecule has 18 heavy (non-hydrogen) atoms. The smallest absolute Gasteiger partial charge is 0.276 e. The molecule has 4 heteroatoms. The molecule has 2 aromatic heterocycles. The lowest BCUT2D eigenvalue weighted by Gasteiger charge is -2.00. The van der Waals surface area contributed by atoms with Gasteiger partial charge in [-0.3, -0.25) is 0 Å². The lowest BCUT2D eigenvalue weighted by molar-refractivity contribution is 0.414. The Morgan fingerprint density at radius 3 is 2.61 bits per heavy atom. The number of aromatic nitrogens is 3. The van der Waals surface area contributed by atoms with Gasteiger partial charge in [-0.2, -0.15) is 4.98 Å². The van der Waals surface area contributed by atoms with Crippen molar-refractivity contribution in [2.45, 2.75) is 45.4 Å². The molecule has 0 bridgehead atoms. The summed E-state index contributed by atoms with van der Waals surface area (Å²) in [7, 11) is 0. The van der Waals surface area contributed by atoms with E-state index in [1.54, 1.807) is 0 Å². The Kier molecular flexibility index (Phi) is 2.86. The molecule has 0 radical (unpaired) electrons. The molecule has 0 spiro atoms. The Morgan fingerprint density at radius 2 is 1.89 bits per heavy atom. The third kappa shape index (κ3) is 2.03. The van der Waals surface area contributed by atoms with Gasteiger partial charge in [0, 0.05) is 11.6 Å². The summed E-state index contributed by atoms with van der Waals surface area (Å²) in [5.74, 6) is 1.87. The maximum absolute atomic E-state index is 5.33. The molecular weight excluding hydrogens is 226 g/mol. The van der Waals surface area contributed by atoms with Crippen LogP contribution in [-0.4, -0.2) is 15.1 Å². The summed E-state index contributed by atoms with van der Waals surface area (Å²) in [5.41, 5.74) is 2.96. The summed E-state index contributed by atoms with van der Waals surface area (Å²) < 4.78 is 5.33. The van der Waals surface area contributed by atoms with Crippen molar-refractivity contribution in [3.05, 3.63) is 29.2 Å². The van der Waals surface area contributed by atoms with E-state index in [0.717, 1.165) is 17.2 Å². The molecule has 0 aliphatic heterocycles. The minimum Gasteiger partial charge on any atom is -0.332 e. The summed E-state index contributed by atoms with van der Waals surface area (Å²) in [6, 6.07) is 3.98. The summed E-state index contributed by atoms with van der Waals surface area (Å²) in [6.07, 6.45) is 4.91. The summed E-state index contributed by atoms with van der Waals surface area (Å²) >= 11 is 0. The predicted octanol–water partition coefficient (Wildman–Crippen LogP) is 3.41. The third-order valence-electron chi connectivity index (χ3n) is 3.73. The highest BCUT2D eigenvalue weighted by Crippen LogP contribution is 2.33. The summed E-state index contributed by atoms with van der Waals surface area (Å²) in [4.78, 5) is 8.98. The van der Waals surface area contributed by atoms with Crippen molar-refractivity contribution in [3.63, 3.8) is 0 Å². The Labute approximate surface area is 106 Å². The van der Waals surface area contributed by atoms with E-state index in [-0.39, 0.29) is 0 Å².